The van der Waals surface area contributed by atoms with Crippen molar-refractivity contribution in [2.45, 2.75) is 18.3 Å². The van der Waals surface area contributed by atoms with Crippen molar-refractivity contribution in [3.05, 3.63) is 28.5 Å². The number of hydrogen-bond donors (Lipinski definition) is 0. The summed E-state index contributed by atoms with van der Waals surface area (Å²) in [5.74, 6) is -5.68. The molecule has 0 atom stereocenters. The molecule has 1 rings (SSSR count). The summed E-state index contributed by atoms with van der Waals surface area (Å²) in [7, 11) is 0. The molecule has 0 aliphatic rings. The van der Waals surface area contributed by atoms with E-state index in [2.05, 4.69) is 4.98 Å². The fourth-order valence-electron chi connectivity index (χ4n) is 1.07. The van der Waals surface area contributed by atoms with E-state index in [9.17, 15) is 35.1 Å². The van der Waals surface area contributed by atoms with E-state index in [1.807, 2.05) is 0 Å². The predicted molar refractivity (Wildman–Crippen MR) is 44.2 cm³/mol. The van der Waals surface area contributed by atoms with Crippen LogP contribution in [0.5, 0.6) is 0 Å². The molecule has 0 saturated carbocycles. The molecule has 0 aliphatic carbocycles. The van der Waals surface area contributed by atoms with Crippen LogP contribution in [-0.4, -0.2) is 11.2 Å². The lowest BCUT2D eigenvalue weighted by Gasteiger charge is -2.23. The van der Waals surface area contributed by atoms with Gasteiger partial charge in [-0.05, 0) is 6.07 Å². The maximum absolute atomic E-state index is 12.9. The van der Waals surface area contributed by atoms with Gasteiger partial charge < -0.3 is 0 Å². The van der Waals surface area contributed by atoms with Gasteiger partial charge in [0.1, 0.15) is 5.15 Å². The molecule has 1 nitrogen and oxygen atoms in total. The van der Waals surface area contributed by atoms with Crippen LogP contribution in [-0.2, 0) is 12.1 Å². The Balaban J connectivity index is 3.53. The lowest BCUT2D eigenvalue weighted by Crippen LogP contribution is -2.35. The maximum Gasteiger partial charge on any atom is 0.458 e. The lowest BCUT2D eigenvalue weighted by molar-refractivity contribution is -0.291. The summed E-state index contributed by atoms with van der Waals surface area (Å²) >= 11 is 5.04. The van der Waals surface area contributed by atoms with Crippen LogP contribution in [0, 0.1) is 0 Å². The molecule has 18 heavy (non-hydrogen) atoms. The largest absolute Gasteiger partial charge is 0.458 e. The van der Waals surface area contributed by atoms with Gasteiger partial charge in [0, 0.05) is 11.8 Å². The van der Waals surface area contributed by atoms with Crippen LogP contribution in [0.15, 0.2) is 12.3 Å². The minimum atomic E-state index is -6.17. The second kappa shape index (κ2) is 4.22. The highest BCUT2D eigenvalue weighted by Gasteiger charge is 2.61. The molecule has 0 saturated heterocycles. The summed E-state index contributed by atoms with van der Waals surface area (Å²) in [6.07, 6.45) is -11.7. The third-order valence-electron chi connectivity index (χ3n) is 1.87. The first kappa shape index (κ1) is 14.9. The van der Waals surface area contributed by atoms with Gasteiger partial charge in [0.15, 0.2) is 0 Å². The zero-order chi connectivity index (χ0) is 14.4. The van der Waals surface area contributed by atoms with Gasteiger partial charge >= 0.3 is 18.3 Å². The first-order chi connectivity index (χ1) is 7.87. The van der Waals surface area contributed by atoms with Gasteiger partial charge in [-0.1, -0.05) is 11.6 Å². The molecule has 0 spiro atoms. The molecule has 1 aromatic rings. The van der Waals surface area contributed by atoms with Crippen molar-refractivity contribution in [2.75, 3.05) is 0 Å². The number of halogens is 9. The standard InChI is InChI=1S/C8H2ClF8N/c9-5-1-3(6(10,11)8(15,16)17)4(2-18-5)7(12,13)14/h1-2H. The monoisotopic (exact) mass is 299 g/mol. The molecule has 1 aromatic heterocycles. The maximum atomic E-state index is 12.9. The van der Waals surface area contributed by atoms with Crippen LogP contribution in [0.4, 0.5) is 35.1 Å². The van der Waals surface area contributed by atoms with Crippen molar-refractivity contribution in [3.63, 3.8) is 0 Å². The van der Waals surface area contributed by atoms with E-state index in [1.54, 1.807) is 0 Å². The number of alkyl halides is 8. The van der Waals surface area contributed by atoms with Gasteiger partial charge in [-0.15, -0.1) is 0 Å². The quantitative estimate of drug-likeness (QED) is 0.553. The van der Waals surface area contributed by atoms with Crippen LogP contribution in [0.2, 0.25) is 5.15 Å². The smallest absolute Gasteiger partial charge is 0.244 e. The first-order valence-corrected chi connectivity index (χ1v) is 4.43. The highest BCUT2D eigenvalue weighted by atomic mass is 35.5. The molecule has 0 bridgehead atoms. The summed E-state index contributed by atoms with van der Waals surface area (Å²) in [5.41, 5.74) is -4.46. The molecule has 102 valence electrons. The molecule has 1 heterocycles. The van der Waals surface area contributed by atoms with Gasteiger partial charge in [-0.2, -0.15) is 35.1 Å². The molecule has 0 fully saturated rings. The predicted octanol–water partition coefficient (Wildman–Crippen LogP) is 4.41. The molecule has 0 aromatic carbocycles. The third kappa shape index (κ3) is 2.65. The zero-order valence-electron chi connectivity index (χ0n) is 8.00. The van der Waals surface area contributed by atoms with Crippen LogP contribution in [0.3, 0.4) is 0 Å². The number of hydrogen-bond acceptors (Lipinski definition) is 1. The van der Waals surface area contributed by atoms with Crippen molar-refractivity contribution in [1.29, 1.82) is 0 Å². The summed E-state index contributed by atoms with van der Waals surface area (Å²) < 4.78 is 98.9. The summed E-state index contributed by atoms with van der Waals surface area (Å²) in [6.45, 7) is 0. The zero-order valence-corrected chi connectivity index (χ0v) is 8.76. The van der Waals surface area contributed by atoms with E-state index in [-0.39, 0.29) is 12.3 Å². The van der Waals surface area contributed by atoms with Crippen LogP contribution in [0.25, 0.3) is 0 Å². The summed E-state index contributed by atoms with van der Waals surface area (Å²) in [4.78, 5) is 2.85. The molecule has 10 heteroatoms. The van der Waals surface area contributed by atoms with Crippen molar-refractivity contribution >= 4 is 11.6 Å². The fourth-order valence-corrected chi connectivity index (χ4v) is 1.23. The SMILES string of the molecule is FC(F)(F)c1cnc(Cl)cc1C(F)(F)C(F)(F)F. The summed E-state index contributed by atoms with van der Waals surface area (Å²) in [5, 5.41) is -0.901. The molecular weight excluding hydrogens is 298 g/mol. The van der Waals surface area contributed by atoms with Gasteiger partial charge in [0.2, 0.25) is 0 Å². The Morgan fingerprint density at radius 3 is 1.78 bits per heavy atom. The minimum absolute atomic E-state index is 0.155. The van der Waals surface area contributed by atoms with E-state index >= 15 is 0 Å². The average Bonchev–Trinajstić information content (AvgIpc) is 2.13. The molecule has 0 radical (unpaired) electrons. The van der Waals surface area contributed by atoms with Gasteiger partial charge in [-0.3, -0.25) is 0 Å². The average molecular weight is 300 g/mol. The second-order valence-corrected chi connectivity index (χ2v) is 3.51. The molecule has 0 unspecified atom stereocenters. The van der Waals surface area contributed by atoms with E-state index in [0.717, 1.165) is 0 Å². The molecule has 0 aliphatic heterocycles. The molecular formula is C8H2ClF8N. The number of rotatable bonds is 1. The Labute approximate surface area is 99.4 Å². The number of nitrogens with zero attached hydrogens (tertiary/aromatic N) is 1. The number of aromatic nitrogens is 1. The van der Waals surface area contributed by atoms with E-state index in [1.165, 1.54) is 0 Å². The van der Waals surface area contributed by atoms with Crippen LogP contribution >= 0.6 is 11.6 Å². The topological polar surface area (TPSA) is 12.9 Å². The first-order valence-electron chi connectivity index (χ1n) is 4.05. The third-order valence-corrected chi connectivity index (χ3v) is 2.08. The van der Waals surface area contributed by atoms with E-state index in [4.69, 9.17) is 11.6 Å². The van der Waals surface area contributed by atoms with Crippen molar-refractivity contribution in [2.24, 2.45) is 0 Å². The van der Waals surface area contributed by atoms with E-state index in [0.29, 0.717) is 0 Å². The Morgan fingerprint density at radius 2 is 1.39 bits per heavy atom. The van der Waals surface area contributed by atoms with Crippen molar-refractivity contribution in [3.8, 4) is 0 Å². The fraction of sp³-hybridized carbons (Fsp3) is 0.375. The Hall–Kier alpha value is -1.12. The highest BCUT2D eigenvalue weighted by molar-refractivity contribution is 6.29. The highest BCUT2D eigenvalue weighted by Crippen LogP contribution is 2.48. The molecule has 0 amide bonds. The van der Waals surface area contributed by atoms with Gasteiger partial charge in [0.05, 0.1) is 5.56 Å². The van der Waals surface area contributed by atoms with Gasteiger partial charge in [0.25, 0.3) is 0 Å². The lowest BCUT2D eigenvalue weighted by atomic mass is 10.0. The summed E-state index contributed by atoms with van der Waals surface area (Å²) in [6, 6.07) is -0.155. The second-order valence-electron chi connectivity index (χ2n) is 3.12. The minimum Gasteiger partial charge on any atom is -0.244 e. The van der Waals surface area contributed by atoms with Crippen LogP contribution in [0.1, 0.15) is 11.1 Å². The van der Waals surface area contributed by atoms with Crippen molar-refractivity contribution < 1.29 is 35.1 Å². The van der Waals surface area contributed by atoms with Crippen molar-refractivity contribution in [1.82, 2.24) is 4.98 Å². The Bertz CT molecular complexity index is 449. The number of pyridine rings is 1. The van der Waals surface area contributed by atoms with Gasteiger partial charge in [-0.25, -0.2) is 4.98 Å². The Morgan fingerprint density at radius 1 is 0.889 bits per heavy atom. The molecule has 0 N–H and O–H groups in total. The Kier molecular flexibility index (Phi) is 3.50. The van der Waals surface area contributed by atoms with Crippen LogP contribution < -0.4 is 0 Å². The normalized spacial score (nSPS) is 13.8. The van der Waals surface area contributed by atoms with E-state index < -0.39 is 34.6 Å².